The van der Waals surface area contributed by atoms with Crippen LogP contribution in [0.5, 0.6) is 0 Å². The van der Waals surface area contributed by atoms with Gasteiger partial charge in [0.2, 0.25) is 5.91 Å². The Bertz CT molecular complexity index is 609. The Balaban J connectivity index is 1.85. The van der Waals surface area contributed by atoms with Gasteiger partial charge in [-0.1, -0.05) is 41.4 Å². The van der Waals surface area contributed by atoms with E-state index in [2.05, 4.69) is 15.9 Å². The molecule has 23 heavy (non-hydrogen) atoms. The smallest absolute Gasteiger partial charge is 0.308 e. The second-order valence-corrected chi connectivity index (χ2v) is 7.94. The third-order valence-corrected chi connectivity index (χ3v) is 5.84. The Morgan fingerprint density at radius 3 is 2.39 bits per heavy atom. The first-order valence-electron chi connectivity index (χ1n) is 8.20. The lowest BCUT2D eigenvalue weighted by Crippen LogP contribution is -2.55. The number of hydrogen-bond donors (Lipinski definition) is 1. The number of likely N-dealkylation sites (tertiary alicyclic amines) is 1. The molecule has 2 atom stereocenters. The van der Waals surface area contributed by atoms with Crippen LogP contribution in [0.15, 0.2) is 28.7 Å². The molecule has 0 spiro atoms. The molecule has 1 aliphatic carbocycles. The number of piperidine rings is 1. The molecule has 1 N–H and O–H groups in total. The zero-order chi connectivity index (χ0) is 16.6. The predicted molar refractivity (Wildman–Crippen MR) is 91.2 cm³/mol. The summed E-state index contributed by atoms with van der Waals surface area (Å²) in [5.74, 6) is -0.884. The molecule has 1 saturated carbocycles. The summed E-state index contributed by atoms with van der Waals surface area (Å²) in [5.41, 5.74) is 0.614. The fourth-order valence-corrected chi connectivity index (χ4v) is 4.19. The largest absolute Gasteiger partial charge is 0.481 e. The van der Waals surface area contributed by atoms with Crippen LogP contribution in [-0.4, -0.2) is 35.0 Å². The first-order chi connectivity index (χ1) is 10.9. The van der Waals surface area contributed by atoms with E-state index in [1.165, 1.54) is 0 Å². The van der Waals surface area contributed by atoms with E-state index < -0.39 is 17.3 Å². The number of benzene rings is 1. The molecule has 1 aromatic carbocycles. The first-order valence-corrected chi connectivity index (χ1v) is 9.00. The predicted octanol–water partition coefficient (Wildman–Crippen LogP) is 3.44. The van der Waals surface area contributed by atoms with Crippen molar-refractivity contribution in [2.24, 2.45) is 11.8 Å². The standard InChI is InChI=1S/C18H22BrNO3/c1-12-9-13(16(21)22)11-20(10-12)17(23)18(7-2-8-18)14-3-5-15(19)6-4-14/h3-6,12-13H,2,7-11H2,1H3,(H,21,22). The van der Waals surface area contributed by atoms with Crippen LogP contribution in [0.25, 0.3) is 0 Å². The van der Waals surface area contributed by atoms with Crippen LogP contribution in [-0.2, 0) is 15.0 Å². The van der Waals surface area contributed by atoms with E-state index >= 15 is 0 Å². The van der Waals surface area contributed by atoms with E-state index in [4.69, 9.17) is 0 Å². The van der Waals surface area contributed by atoms with Crippen LogP contribution in [0.4, 0.5) is 0 Å². The zero-order valence-corrected chi connectivity index (χ0v) is 14.9. The van der Waals surface area contributed by atoms with Gasteiger partial charge in [0.15, 0.2) is 0 Å². The highest BCUT2D eigenvalue weighted by Crippen LogP contribution is 2.46. The van der Waals surface area contributed by atoms with Gasteiger partial charge in [-0.05, 0) is 42.9 Å². The molecule has 0 bridgehead atoms. The molecule has 2 aliphatic rings. The van der Waals surface area contributed by atoms with E-state index in [0.29, 0.717) is 19.5 Å². The van der Waals surface area contributed by atoms with Gasteiger partial charge in [0.1, 0.15) is 0 Å². The lowest BCUT2D eigenvalue weighted by atomic mass is 9.63. The number of carboxylic acids is 1. The number of halogens is 1. The maximum Gasteiger partial charge on any atom is 0.308 e. The van der Waals surface area contributed by atoms with Crippen molar-refractivity contribution in [3.8, 4) is 0 Å². The maximum atomic E-state index is 13.2. The molecule has 1 aliphatic heterocycles. The quantitative estimate of drug-likeness (QED) is 0.874. The van der Waals surface area contributed by atoms with E-state index in [1.807, 2.05) is 31.2 Å². The van der Waals surface area contributed by atoms with Gasteiger partial charge in [-0.15, -0.1) is 0 Å². The molecule has 1 heterocycles. The minimum Gasteiger partial charge on any atom is -0.481 e. The van der Waals surface area contributed by atoms with Crippen LogP contribution in [0.3, 0.4) is 0 Å². The van der Waals surface area contributed by atoms with Crippen LogP contribution >= 0.6 is 15.9 Å². The van der Waals surface area contributed by atoms with Crippen molar-refractivity contribution >= 4 is 27.8 Å². The van der Waals surface area contributed by atoms with Crippen molar-refractivity contribution in [1.82, 2.24) is 4.90 Å². The summed E-state index contributed by atoms with van der Waals surface area (Å²) in [6.45, 7) is 3.04. The molecular weight excluding hydrogens is 358 g/mol. The Morgan fingerprint density at radius 1 is 1.22 bits per heavy atom. The Hall–Kier alpha value is -1.36. The average Bonchev–Trinajstić information content (AvgIpc) is 2.47. The zero-order valence-electron chi connectivity index (χ0n) is 13.3. The Labute approximate surface area is 145 Å². The molecule has 5 heteroatoms. The van der Waals surface area contributed by atoms with E-state index in [9.17, 15) is 14.7 Å². The Kier molecular flexibility index (Phi) is 4.50. The van der Waals surface area contributed by atoms with Gasteiger partial charge in [0.05, 0.1) is 11.3 Å². The highest BCUT2D eigenvalue weighted by Gasteiger charge is 2.49. The summed E-state index contributed by atoms with van der Waals surface area (Å²) < 4.78 is 1.00. The Morgan fingerprint density at radius 2 is 1.87 bits per heavy atom. The van der Waals surface area contributed by atoms with Crippen molar-refractivity contribution in [1.29, 1.82) is 0 Å². The van der Waals surface area contributed by atoms with E-state index in [1.54, 1.807) is 4.90 Å². The number of carboxylic acid groups (broad SMARTS) is 1. The van der Waals surface area contributed by atoms with Gasteiger partial charge >= 0.3 is 5.97 Å². The SMILES string of the molecule is CC1CC(C(=O)O)CN(C(=O)C2(c3ccc(Br)cc3)CCC2)C1. The van der Waals surface area contributed by atoms with Crippen molar-refractivity contribution in [2.75, 3.05) is 13.1 Å². The normalized spacial score (nSPS) is 26.4. The number of rotatable bonds is 3. The molecule has 1 aromatic rings. The van der Waals surface area contributed by atoms with Crippen molar-refractivity contribution in [2.45, 2.75) is 38.0 Å². The number of nitrogens with zero attached hydrogens (tertiary/aromatic N) is 1. The molecule has 4 nitrogen and oxygen atoms in total. The monoisotopic (exact) mass is 379 g/mol. The molecule has 124 valence electrons. The van der Waals surface area contributed by atoms with Crippen molar-refractivity contribution < 1.29 is 14.7 Å². The van der Waals surface area contributed by atoms with Crippen LogP contribution < -0.4 is 0 Å². The third-order valence-electron chi connectivity index (χ3n) is 5.31. The van der Waals surface area contributed by atoms with Crippen molar-refractivity contribution in [3.63, 3.8) is 0 Å². The minimum absolute atomic E-state index is 0.115. The lowest BCUT2D eigenvalue weighted by Gasteiger charge is -2.46. The van der Waals surface area contributed by atoms with Gasteiger partial charge in [0.25, 0.3) is 0 Å². The van der Waals surface area contributed by atoms with Gasteiger partial charge in [-0.3, -0.25) is 9.59 Å². The summed E-state index contributed by atoms with van der Waals surface area (Å²) in [4.78, 5) is 26.4. The molecule has 1 amide bonds. The second kappa shape index (κ2) is 6.27. The molecule has 0 aromatic heterocycles. The highest BCUT2D eigenvalue weighted by atomic mass is 79.9. The second-order valence-electron chi connectivity index (χ2n) is 7.03. The molecule has 0 radical (unpaired) electrons. The van der Waals surface area contributed by atoms with Crippen LogP contribution in [0, 0.1) is 11.8 Å². The molecule has 2 fully saturated rings. The molecular formula is C18H22BrNO3. The average molecular weight is 380 g/mol. The lowest BCUT2D eigenvalue weighted by molar-refractivity contribution is -0.150. The van der Waals surface area contributed by atoms with Gasteiger partial charge < -0.3 is 10.0 Å². The molecule has 1 saturated heterocycles. The van der Waals surface area contributed by atoms with Gasteiger partial charge in [-0.2, -0.15) is 0 Å². The summed E-state index contributed by atoms with van der Waals surface area (Å²) in [6.07, 6.45) is 3.42. The van der Waals surface area contributed by atoms with E-state index in [0.717, 1.165) is 29.3 Å². The topological polar surface area (TPSA) is 57.6 Å². The first kappa shape index (κ1) is 16.5. The number of carbonyl (C=O) groups is 2. The molecule has 3 rings (SSSR count). The van der Waals surface area contributed by atoms with Crippen LogP contribution in [0.2, 0.25) is 0 Å². The number of hydrogen-bond acceptors (Lipinski definition) is 2. The summed E-state index contributed by atoms with van der Waals surface area (Å²) in [5, 5.41) is 9.33. The number of amides is 1. The third kappa shape index (κ3) is 3.03. The fraction of sp³-hybridized carbons (Fsp3) is 0.556. The maximum absolute atomic E-state index is 13.2. The number of aliphatic carboxylic acids is 1. The minimum atomic E-state index is -0.791. The summed E-state index contributed by atoms with van der Waals surface area (Å²) >= 11 is 3.44. The van der Waals surface area contributed by atoms with Crippen LogP contribution in [0.1, 0.15) is 38.2 Å². The van der Waals surface area contributed by atoms with Crippen molar-refractivity contribution in [3.05, 3.63) is 34.3 Å². The number of carbonyl (C=O) groups excluding carboxylic acids is 1. The fourth-order valence-electron chi connectivity index (χ4n) is 3.92. The van der Waals surface area contributed by atoms with Gasteiger partial charge in [0, 0.05) is 17.6 Å². The molecule has 2 unspecified atom stereocenters. The van der Waals surface area contributed by atoms with Gasteiger partial charge in [-0.25, -0.2) is 0 Å². The summed E-state index contributed by atoms with van der Waals surface area (Å²) in [7, 11) is 0. The summed E-state index contributed by atoms with van der Waals surface area (Å²) in [6, 6.07) is 7.98. The van der Waals surface area contributed by atoms with E-state index in [-0.39, 0.29) is 11.8 Å². The highest BCUT2D eigenvalue weighted by molar-refractivity contribution is 9.10.